The Morgan fingerprint density at radius 1 is 1.30 bits per heavy atom. The van der Waals surface area contributed by atoms with Crippen LogP contribution in [0.25, 0.3) is 0 Å². The number of halogens is 1. The summed E-state index contributed by atoms with van der Waals surface area (Å²) in [5.74, 6) is 0.885. The first kappa shape index (κ1) is 18.3. The zero-order valence-corrected chi connectivity index (χ0v) is 16.0. The van der Waals surface area contributed by atoms with Crippen LogP contribution in [0.5, 0.6) is 0 Å². The van der Waals surface area contributed by atoms with Gasteiger partial charge in [-0.2, -0.15) is 0 Å². The van der Waals surface area contributed by atoms with E-state index in [4.69, 9.17) is 4.74 Å². The topological polar surface area (TPSA) is 48.9 Å². The number of hydrogen-bond acceptors (Lipinski definition) is 3. The molecule has 2 N–H and O–H groups in total. The van der Waals surface area contributed by atoms with E-state index >= 15 is 0 Å². The molecular weight excluding hydrogens is 403 g/mol. The van der Waals surface area contributed by atoms with E-state index in [1.807, 2.05) is 7.05 Å². The van der Waals surface area contributed by atoms with Gasteiger partial charge >= 0.3 is 0 Å². The maximum absolute atomic E-state index is 5.64. The molecule has 0 aliphatic carbocycles. The molecule has 2 heterocycles. The van der Waals surface area contributed by atoms with Crippen LogP contribution in [0.1, 0.15) is 19.3 Å². The van der Waals surface area contributed by atoms with Gasteiger partial charge in [-0.25, -0.2) is 0 Å². The average Bonchev–Trinajstić information content (AvgIpc) is 3.24. The van der Waals surface area contributed by atoms with Crippen LogP contribution >= 0.6 is 24.0 Å². The van der Waals surface area contributed by atoms with E-state index in [9.17, 15) is 0 Å². The van der Waals surface area contributed by atoms with Crippen LogP contribution in [0.3, 0.4) is 0 Å². The molecule has 2 fully saturated rings. The number of anilines is 1. The second kappa shape index (κ2) is 9.32. The van der Waals surface area contributed by atoms with Gasteiger partial charge in [-0.3, -0.25) is 4.99 Å². The monoisotopic (exact) mass is 430 g/mol. The third-order valence-electron chi connectivity index (χ3n) is 4.40. The predicted molar refractivity (Wildman–Crippen MR) is 106 cm³/mol. The molecular formula is C17H27IN4O. The van der Waals surface area contributed by atoms with Gasteiger partial charge in [-0.05, 0) is 31.4 Å². The SMILES string of the molecule is CN=C(NCC1CCCO1)NC1CCN(c2ccccc2)C1.I. The molecule has 0 amide bonds. The first-order valence-electron chi connectivity index (χ1n) is 8.24. The van der Waals surface area contributed by atoms with Crippen LogP contribution < -0.4 is 15.5 Å². The van der Waals surface area contributed by atoms with E-state index in [0.29, 0.717) is 12.1 Å². The van der Waals surface area contributed by atoms with Gasteiger partial charge in [0.25, 0.3) is 0 Å². The molecule has 3 rings (SSSR count). The van der Waals surface area contributed by atoms with Crippen LogP contribution in [0.15, 0.2) is 35.3 Å². The fourth-order valence-electron chi connectivity index (χ4n) is 3.16. The number of guanidine groups is 1. The van der Waals surface area contributed by atoms with Gasteiger partial charge < -0.3 is 20.3 Å². The predicted octanol–water partition coefficient (Wildman–Crippen LogP) is 2.23. The Balaban J connectivity index is 0.00000192. The van der Waals surface area contributed by atoms with Crippen molar-refractivity contribution < 1.29 is 4.74 Å². The number of benzene rings is 1. The smallest absolute Gasteiger partial charge is 0.191 e. The largest absolute Gasteiger partial charge is 0.376 e. The minimum atomic E-state index is 0. The molecule has 0 bridgehead atoms. The van der Waals surface area contributed by atoms with Crippen molar-refractivity contribution >= 4 is 35.6 Å². The maximum atomic E-state index is 5.64. The number of ether oxygens (including phenoxy) is 1. The zero-order valence-electron chi connectivity index (χ0n) is 13.7. The molecule has 0 saturated carbocycles. The molecule has 2 atom stereocenters. The van der Waals surface area contributed by atoms with Crippen LogP contribution in [0.4, 0.5) is 5.69 Å². The lowest BCUT2D eigenvalue weighted by molar-refractivity contribution is 0.113. The average molecular weight is 430 g/mol. The zero-order chi connectivity index (χ0) is 15.2. The van der Waals surface area contributed by atoms with Gasteiger partial charge in [-0.1, -0.05) is 18.2 Å². The highest BCUT2D eigenvalue weighted by Crippen LogP contribution is 2.19. The summed E-state index contributed by atoms with van der Waals surface area (Å²) in [6, 6.07) is 11.0. The summed E-state index contributed by atoms with van der Waals surface area (Å²) >= 11 is 0. The minimum Gasteiger partial charge on any atom is -0.376 e. The van der Waals surface area contributed by atoms with E-state index in [-0.39, 0.29) is 24.0 Å². The van der Waals surface area contributed by atoms with Gasteiger partial charge in [-0.15, -0.1) is 24.0 Å². The summed E-state index contributed by atoms with van der Waals surface area (Å²) in [4.78, 5) is 6.75. The summed E-state index contributed by atoms with van der Waals surface area (Å²) in [5, 5.41) is 6.92. The standard InChI is InChI=1S/C17H26N4O.HI/c1-18-17(19-12-16-8-5-11-22-16)20-14-9-10-21(13-14)15-6-3-2-4-7-15;/h2-4,6-7,14,16H,5,8-13H2,1H3,(H2,18,19,20);1H. The Bertz CT molecular complexity index is 491. The quantitative estimate of drug-likeness (QED) is 0.437. The number of rotatable bonds is 4. The van der Waals surface area contributed by atoms with Gasteiger partial charge in [0, 0.05) is 45.0 Å². The van der Waals surface area contributed by atoms with Crippen molar-refractivity contribution in [3.8, 4) is 0 Å². The third-order valence-corrected chi connectivity index (χ3v) is 4.40. The van der Waals surface area contributed by atoms with Crippen LogP contribution in [-0.2, 0) is 4.74 Å². The van der Waals surface area contributed by atoms with Gasteiger partial charge in [0.05, 0.1) is 6.10 Å². The minimum absolute atomic E-state index is 0. The summed E-state index contributed by atoms with van der Waals surface area (Å²) < 4.78 is 5.64. The molecule has 1 aromatic rings. The lowest BCUT2D eigenvalue weighted by atomic mass is 10.2. The van der Waals surface area contributed by atoms with Gasteiger partial charge in [0.1, 0.15) is 0 Å². The molecule has 0 radical (unpaired) electrons. The molecule has 1 aromatic carbocycles. The number of hydrogen-bond donors (Lipinski definition) is 2. The lowest BCUT2D eigenvalue weighted by Crippen LogP contribution is -2.46. The normalized spacial score (nSPS) is 24.4. The van der Waals surface area contributed by atoms with Crippen LogP contribution in [0, 0.1) is 0 Å². The molecule has 0 spiro atoms. The van der Waals surface area contributed by atoms with Crippen molar-refractivity contribution in [2.24, 2.45) is 4.99 Å². The van der Waals surface area contributed by atoms with Crippen molar-refractivity contribution in [1.29, 1.82) is 0 Å². The second-order valence-corrected chi connectivity index (χ2v) is 6.00. The Kier molecular flexibility index (Phi) is 7.42. The molecule has 23 heavy (non-hydrogen) atoms. The highest BCUT2D eigenvalue weighted by atomic mass is 127. The second-order valence-electron chi connectivity index (χ2n) is 6.00. The van der Waals surface area contributed by atoms with Crippen LogP contribution in [0.2, 0.25) is 0 Å². The molecule has 2 aliphatic heterocycles. The Labute approximate surface area is 155 Å². The lowest BCUT2D eigenvalue weighted by Gasteiger charge is -2.21. The van der Waals surface area contributed by atoms with Crippen molar-refractivity contribution in [3.63, 3.8) is 0 Å². The van der Waals surface area contributed by atoms with E-state index in [2.05, 4.69) is 50.9 Å². The molecule has 2 unspecified atom stereocenters. The van der Waals surface area contributed by atoms with Crippen molar-refractivity contribution in [1.82, 2.24) is 10.6 Å². The Hall–Kier alpha value is -1.02. The highest BCUT2D eigenvalue weighted by Gasteiger charge is 2.23. The van der Waals surface area contributed by atoms with Gasteiger partial charge in [0.2, 0.25) is 0 Å². The molecule has 0 aromatic heterocycles. The van der Waals surface area contributed by atoms with Gasteiger partial charge in [0.15, 0.2) is 5.96 Å². The maximum Gasteiger partial charge on any atom is 0.191 e. The van der Waals surface area contributed by atoms with E-state index in [0.717, 1.165) is 45.0 Å². The van der Waals surface area contributed by atoms with Crippen molar-refractivity contribution in [2.75, 3.05) is 38.2 Å². The molecule has 128 valence electrons. The van der Waals surface area contributed by atoms with Crippen LogP contribution in [-0.4, -0.2) is 51.4 Å². The Morgan fingerprint density at radius 3 is 2.83 bits per heavy atom. The Morgan fingerprint density at radius 2 is 2.13 bits per heavy atom. The number of aliphatic imine (C=N–C) groups is 1. The summed E-state index contributed by atoms with van der Waals surface area (Å²) in [6.07, 6.45) is 3.79. The molecule has 5 nitrogen and oxygen atoms in total. The summed E-state index contributed by atoms with van der Waals surface area (Å²) in [6.45, 7) is 3.84. The number of nitrogens with zero attached hydrogens (tertiary/aromatic N) is 2. The molecule has 2 aliphatic rings. The van der Waals surface area contributed by atoms with E-state index < -0.39 is 0 Å². The fourth-order valence-corrected chi connectivity index (χ4v) is 3.16. The summed E-state index contributed by atoms with van der Waals surface area (Å²) in [7, 11) is 1.83. The van der Waals surface area contributed by atoms with Crippen molar-refractivity contribution in [2.45, 2.75) is 31.4 Å². The third kappa shape index (κ3) is 5.24. The first-order chi connectivity index (χ1) is 10.8. The van der Waals surface area contributed by atoms with E-state index in [1.54, 1.807) is 0 Å². The van der Waals surface area contributed by atoms with Crippen molar-refractivity contribution in [3.05, 3.63) is 30.3 Å². The molecule has 6 heteroatoms. The highest BCUT2D eigenvalue weighted by molar-refractivity contribution is 14.0. The van der Waals surface area contributed by atoms with E-state index in [1.165, 1.54) is 12.1 Å². The molecule has 2 saturated heterocycles. The first-order valence-corrected chi connectivity index (χ1v) is 8.24. The fraction of sp³-hybridized carbons (Fsp3) is 0.588. The number of para-hydroxylation sites is 1. The summed E-state index contributed by atoms with van der Waals surface area (Å²) in [5.41, 5.74) is 1.30. The number of nitrogens with one attached hydrogen (secondary N) is 2.